The molecule has 1 unspecified atom stereocenters. The number of carbonyl (C=O) groups is 1. The molecule has 0 spiro atoms. The lowest BCUT2D eigenvalue weighted by Gasteiger charge is -2.41. The van der Waals surface area contributed by atoms with Crippen LogP contribution in [0.4, 0.5) is 0 Å². The molecule has 74 valence electrons. The van der Waals surface area contributed by atoms with Gasteiger partial charge >= 0.3 is 0 Å². The van der Waals surface area contributed by atoms with Crippen molar-refractivity contribution in [3.63, 3.8) is 0 Å². The van der Waals surface area contributed by atoms with E-state index in [1.807, 2.05) is 20.8 Å². The second kappa shape index (κ2) is 4.69. The van der Waals surface area contributed by atoms with E-state index < -0.39 is 17.1 Å². The van der Waals surface area contributed by atoms with Gasteiger partial charge in [0, 0.05) is 5.54 Å². The molecular weight excluding hydrogens is 185 g/mol. The molecule has 8 radical (unpaired) electrons. The van der Waals surface area contributed by atoms with Crippen molar-refractivity contribution in [2.75, 3.05) is 0 Å². The normalized spacial score (nSPS) is 15.2. The zero-order valence-electron chi connectivity index (χ0n) is 9.40. The van der Waals surface area contributed by atoms with Crippen LogP contribution in [0.2, 0.25) is 5.21 Å². The Morgan fingerprint density at radius 1 is 1.40 bits per heavy atom. The Morgan fingerprint density at radius 3 is 2.07 bits per heavy atom. The van der Waals surface area contributed by atoms with Gasteiger partial charge in [0.25, 0.3) is 5.97 Å². The predicted octanol–water partition coefficient (Wildman–Crippen LogP) is -0.407. The van der Waals surface area contributed by atoms with Gasteiger partial charge < -0.3 is 9.92 Å². The minimum atomic E-state index is -1.86. The first-order valence-electron chi connectivity index (χ1n) is 4.59. The van der Waals surface area contributed by atoms with Gasteiger partial charge in [0.05, 0.1) is 23.5 Å². The third-order valence-corrected chi connectivity index (χ3v) is 2.08. The first kappa shape index (κ1) is 14.7. The molecule has 0 aliphatic heterocycles. The van der Waals surface area contributed by atoms with Gasteiger partial charge in [-0.15, -0.1) is 0 Å². The molecule has 0 aromatic carbocycles. The van der Waals surface area contributed by atoms with E-state index in [0.717, 1.165) is 0 Å². The first-order chi connectivity index (χ1) is 6.48. The quantitative estimate of drug-likeness (QED) is 0.625. The lowest BCUT2D eigenvalue weighted by Crippen LogP contribution is -2.48. The van der Waals surface area contributed by atoms with E-state index in [2.05, 4.69) is 0 Å². The summed E-state index contributed by atoms with van der Waals surface area (Å²) < 4.78 is 0. The number of aliphatic carboxylic acids is 1. The highest BCUT2D eigenvalue weighted by Crippen LogP contribution is 2.26. The monoisotopic (exact) mass is 199 g/mol. The molecule has 0 fully saturated rings. The highest BCUT2D eigenvalue weighted by molar-refractivity contribution is 6.50. The highest BCUT2D eigenvalue weighted by Gasteiger charge is 2.31. The van der Waals surface area contributed by atoms with Crippen LogP contribution in [0.5, 0.6) is 0 Å². The van der Waals surface area contributed by atoms with Crippen LogP contribution >= 0.6 is 0 Å². The van der Waals surface area contributed by atoms with E-state index in [0.29, 0.717) is 0 Å². The van der Waals surface area contributed by atoms with Crippen LogP contribution in [0.1, 0.15) is 27.2 Å². The molecular formula is C8H13B4NO2. The van der Waals surface area contributed by atoms with Crippen molar-refractivity contribution in [2.24, 2.45) is 0 Å². The molecule has 3 nitrogen and oxygen atoms in total. The van der Waals surface area contributed by atoms with Gasteiger partial charge in [0.15, 0.2) is 7.98 Å². The van der Waals surface area contributed by atoms with Gasteiger partial charge in [-0.25, -0.2) is 0 Å². The molecule has 0 saturated carbocycles. The number of nitrogens with zero attached hydrogens (tertiary/aromatic N) is 1. The Labute approximate surface area is 96.6 Å². The zero-order valence-corrected chi connectivity index (χ0v) is 9.40. The summed E-state index contributed by atoms with van der Waals surface area (Å²) in [5.74, 6) is -2.02. The maximum Gasteiger partial charge on any atom is 0.292 e. The van der Waals surface area contributed by atoms with Crippen molar-refractivity contribution >= 4 is 37.5 Å². The summed E-state index contributed by atoms with van der Waals surface area (Å²) in [6.45, 7) is 5.55. The summed E-state index contributed by atoms with van der Waals surface area (Å²) in [6.07, 6.45) is -0.129. The summed E-state index contributed by atoms with van der Waals surface area (Å²) in [5.41, 5.74) is -0.381. The molecule has 0 rings (SSSR count). The average Bonchev–Trinajstić information content (AvgIpc) is 2.00. The molecule has 7 heteroatoms. The Kier molecular flexibility index (Phi) is 4.59. The van der Waals surface area contributed by atoms with E-state index in [1.165, 1.54) is 4.81 Å². The van der Waals surface area contributed by atoms with Gasteiger partial charge in [-0.2, -0.15) is 0 Å². The van der Waals surface area contributed by atoms with E-state index >= 15 is 0 Å². The third-order valence-electron chi connectivity index (χ3n) is 2.08. The smallest absolute Gasteiger partial charge is 0.292 e. The topological polar surface area (TPSA) is 40.5 Å². The van der Waals surface area contributed by atoms with Gasteiger partial charge in [-0.1, -0.05) is 0 Å². The van der Waals surface area contributed by atoms with E-state index in [9.17, 15) is 4.79 Å². The molecule has 0 aliphatic carbocycles. The summed E-state index contributed by atoms with van der Waals surface area (Å²) in [6, 6.07) is 0. The van der Waals surface area contributed by atoms with Crippen molar-refractivity contribution in [3.05, 3.63) is 0 Å². The molecule has 0 aliphatic rings. The summed E-state index contributed by atoms with van der Waals surface area (Å²) >= 11 is 0. The molecule has 15 heavy (non-hydrogen) atoms. The second-order valence-corrected chi connectivity index (χ2v) is 4.70. The fraction of sp³-hybridized carbons (Fsp3) is 0.875. The fourth-order valence-corrected chi connectivity index (χ4v) is 1.03. The molecule has 0 heterocycles. The maximum absolute atomic E-state index is 10.7. The van der Waals surface area contributed by atoms with Crippen molar-refractivity contribution in [1.82, 2.24) is 4.81 Å². The Morgan fingerprint density at radius 2 is 1.80 bits per heavy atom. The molecule has 0 aromatic heterocycles. The van der Waals surface area contributed by atoms with Crippen LogP contribution in [-0.2, 0) is 4.79 Å². The Bertz CT molecular complexity index is 239. The third kappa shape index (κ3) is 4.37. The minimum Gasteiger partial charge on any atom is -0.482 e. The Hall–Kier alpha value is -0.310. The van der Waals surface area contributed by atoms with Crippen molar-refractivity contribution < 1.29 is 9.90 Å². The molecule has 0 bridgehead atoms. The standard InChI is InChI=1S/C8H13B4NO2/c1-7(2,3)13(12)5(9)4-8(10,11)6(14)15/h5H,4H2,1-3H3,(H,14,15). The number of hydrogen-bond donors (Lipinski definition) is 1. The van der Waals surface area contributed by atoms with Crippen LogP contribution in [0.3, 0.4) is 0 Å². The maximum atomic E-state index is 10.7. The first-order valence-corrected chi connectivity index (χ1v) is 4.59. The molecule has 1 atom stereocenters. The summed E-state index contributed by atoms with van der Waals surface area (Å²) in [7, 11) is 22.1. The largest absolute Gasteiger partial charge is 0.482 e. The molecule has 0 aromatic rings. The van der Waals surface area contributed by atoms with E-state index in [-0.39, 0.29) is 12.0 Å². The molecule has 0 amide bonds. The molecule has 1 N–H and O–H groups in total. The summed E-state index contributed by atoms with van der Waals surface area (Å²) in [4.78, 5) is 12.0. The van der Waals surface area contributed by atoms with Crippen LogP contribution in [-0.4, -0.2) is 58.9 Å². The van der Waals surface area contributed by atoms with E-state index in [1.54, 1.807) is 0 Å². The van der Waals surface area contributed by atoms with Crippen molar-refractivity contribution in [3.8, 4) is 0 Å². The molecule has 0 saturated heterocycles. The number of rotatable bonds is 4. The van der Waals surface area contributed by atoms with Crippen LogP contribution in [0.15, 0.2) is 0 Å². The highest BCUT2D eigenvalue weighted by atomic mass is 16.4. The fourth-order valence-electron chi connectivity index (χ4n) is 1.03. The van der Waals surface area contributed by atoms with Crippen molar-refractivity contribution in [1.29, 1.82) is 0 Å². The van der Waals surface area contributed by atoms with E-state index in [4.69, 9.17) is 36.6 Å². The van der Waals surface area contributed by atoms with Crippen LogP contribution in [0, 0.1) is 0 Å². The average molecular weight is 198 g/mol. The lowest BCUT2D eigenvalue weighted by molar-refractivity contribution is -0.138. The number of hydrogen-bond acceptors (Lipinski definition) is 2. The van der Waals surface area contributed by atoms with Gasteiger partial charge in [0.2, 0.25) is 0 Å². The predicted molar refractivity (Wildman–Crippen MR) is 63.3 cm³/mol. The number of carboxylic acids is 1. The SMILES string of the molecule is [B]C(CC([B])([B])C(=O)O)N([B])C(C)(C)C. The Balaban J connectivity index is 4.50. The lowest BCUT2D eigenvalue weighted by atomic mass is 9.50. The van der Waals surface area contributed by atoms with Gasteiger partial charge in [-0.3, -0.25) is 4.79 Å². The van der Waals surface area contributed by atoms with Crippen molar-refractivity contribution in [2.45, 2.75) is 43.9 Å². The van der Waals surface area contributed by atoms with Crippen LogP contribution in [0.25, 0.3) is 0 Å². The number of carboxylic acid groups (broad SMARTS) is 1. The minimum absolute atomic E-state index is 0.129. The van der Waals surface area contributed by atoms with Gasteiger partial charge in [0.1, 0.15) is 0 Å². The summed E-state index contributed by atoms with van der Waals surface area (Å²) in [5, 5.41) is 6.85. The van der Waals surface area contributed by atoms with Crippen LogP contribution < -0.4 is 0 Å². The van der Waals surface area contributed by atoms with Gasteiger partial charge in [-0.05, 0) is 38.3 Å². The second-order valence-electron chi connectivity index (χ2n) is 4.70. The zero-order chi connectivity index (χ0) is 12.4.